The largest absolute Gasteiger partial charge is 0.508 e. The summed E-state index contributed by atoms with van der Waals surface area (Å²) in [5.74, 6) is -1.14. The van der Waals surface area contributed by atoms with Crippen LogP contribution in [0.2, 0.25) is 0 Å². The van der Waals surface area contributed by atoms with E-state index in [1.165, 1.54) is 30.3 Å². The van der Waals surface area contributed by atoms with Crippen LogP contribution < -0.4 is 4.90 Å². The van der Waals surface area contributed by atoms with Gasteiger partial charge in [-0.3, -0.25) is 4.79 Å². The molecule has 0 radical (unpaired) electrons. The second-order valence-corrected chi connectivity index (χ2v) is 11.2. The highest BCUT2D eigenvalue weighted by molar-refractivity contribution is 6.03. The summed E-state index contributed by atoms with van der Waals surface area (Å²) in [5.41, 5.74) is 3.35. The molecule has 1 amide bonds. The molecule has 3 aromatic rings. The molecule has 2 unspecified atom stereocenters. The van der Waals surface area contributed by atoms with Gasteiger partial charge in [0, 0.05) is 17.7 Å². The molecule has 10 heteroatoms. The van der Waals surface area contributed by atoms with Crippen LogP contribution >= 0.6 is 0 Å². The molecule has 8 atom stereocenters. The van der Waals surface area contributed by atoms with Crippen molar-refractivity contribution < 1.29 is 44.6 Å². The molecule has 2 saturated heterocycles. The Kier molecular flexibility index (Phi) is 8.93. The lowest BCUT2D eigenvalue weighted by atomic mass is 9.77. The molecule has 9 nitrogen and oxygen atoms in total. The summed E-state index contributed by atoms with van der Waals surface area (Å²) < 4.78 is 18.9. The molecule has 2 aliphatic rings. The number of ether oxygens (including phenoxy) is 1. The molecule has 0 aromatic heterocycles. The lowest BCUT2D eigenvalue weighted by Gasteiger charge is -2.48. The predicted molar refractivity (Wildman–Crippen MR) is 151 cm³/mol. The number of phenolic OH excluding ortho intramolecular Hbond substituents is 1. The van der Waals surface area contributed by atoms with Gasteiger partial charge in [-0.15, -0.1) is 0 Å². The minimum atomic E-state index is -1.50. The van der Waals surface area contributed by atoms with Gasteiger partial charge in [0.1, 0.15) is 36.0 Å². The second kappa shape index (κ2) is 12.5. The van der Waals surface area contributed by atoms with Gasteiger partial charge in [-0.05, 0) is 61.2 Å². The number of hydrogen-bond acceptors (Lipinski definition) is 8. The Morgan fingerprint density at radius 3 is 2.24 bits per heavy atom. The first-order valence-electron chi connectivity index (χ1n) is 14.0. The van der Waals surface area contributed by atoms with Gasteiger partial charge in [0.05, 0.1) is 30.8 Å². The number of amides is 1. The van der Waals surface area contributed by atoms with Crippen molar-refractivity contribution in [2.45, 2.75) is 68.9 Å². The SMILES string of the molecule is Cc1ccc(N2C(=O)[C@H](CC[C@H](O)c3ccc(F)cc3)[C@H]2c2ccc(C[C@@H]3OC(CO)[C@@H](O)C(O)[C@@H]3O)cc2O)cc1. The summed E-state index contributed by atoms with van der Waals surface area (Å²) in [6.07, 6.45) is -6.52. The third-order valence-corrected chi connectivity index (χ3v) is 8.37. The lowest BCUT2D eigenvalue weighted by Crippen LogP contribution is -2.59. The summed E-state index contributed by atoms with van der Waals surface area (Å²) >= 11 is 0. The lowest BCUT2D eigenvalue weighted by molar-refractivity contribution is -0.228. The fraction of sp³-hybridized carbons (Fsp3) is 0.406. The van der Waals surface area contributed by atoms with E-state index in [4.69, 9.17) is 4.74 Å². The molecule has 6 N–H and O–H groups in total. The van der Waals surface area contributed by atoms with Gasteiger partial charge in [-0.2, -0.15) is 0 Å². The van der Waals surface area contributed by atoms with Gasteiger partial charge in [0.15, 0.2) is 0 Å². The van der Waals surface area contributed by atoms with Crippen LogP contribution in [0.25, 0.3) is 0 Å². The van der Waals surface area contributed by atoms with Crippen molar-refractivity contribution in [1.29, 1.82) is 0 Å². The molecular weight excluding hydrogens is 545 g/mol. The minimum absolute atomic E-state index is 0.0733. The Morgan fingerprint density at radius 2 is 1.60 bits per heavy atom. The van der Waals surface area contributed by atoms with E-state index in [0.717, 1.165) is 5.56 Å². The van der Waals surface area contributed by atoms with Crippen LogP contribution in [-0.2, 0) is 16.0 Å². The van der Waals surface area contributed by atoms with Crippen LogP contribution in [0.15, 0.2) is 66.7 Å². The highest BCUT2D eigenvalue weighted by Crippen LogP contribution is 2.48. The van der Waals surface area contributed by atoms with E-state index >= 15 is 0 Å². The molecule has 2 heterocycles. The molecule has 0 saturated carbocycles. The standard InChI is InChI=1S/C32H36FNO8/c1-17-2-9-21(10-3-17)34-28(23(32(34)41)12-13-24(36)19-5-7-20(33)8-6-19)22-11-4-18(14-25(22)37)15-26-29(38)31(40)30(39)27(16-35)42-26/h2-11,14,23-24,26-31,35-40H,12-13,15-16H2,1H3/t23-,24+,26+,27?,28-,29-,30-,31?/m1/s1. The molecule has 224 valence electrons. The van der Waals surface area contributed by atoms with Crippen molar-refractivity contribution in [1.82, 2.24) is 0 Å². The predicted octanol–water partition coefficient (Wildman–Crippen LogP) is 2.44. The van der Waals surface area contributed by atoms with Crippen molar-refractivity contribution in [2.75, 3.05) is 11.5 Å². The van der Waals surface area contributed by atoms with E-state index < -0.39 is 61.0 Å². The minimum Gasteiger partial charge on any atom is -0.508 e. The molecule has 5 rings (SSSR count). The summed E-state index contributed by atoms with van der Waals surface area (Å²) in [7, 11) is 0. The van der Waals surface area contributed by atoms with Crippen LogP contribution in [0.5, 0.6) is 5.75 Å². The van der Waals surface area contributed by atoms with Crippen molar-refractivity contribution in [3.05, 3.63) is 94.8 Å². The van der Waals surface area contributed by atoms with Crippen LogP contribution in [0.3, 0.4) is 0 Å². The number of rotatable bonds is 9. The molecule has 2 fully saturated rings. The molecule has 0 aliphatic carbocycles. The van der Waals surface area contributed by atoms with E-state index in [0.29, 0.717) is 28.8 Å². The van der Waals surface area contributed by atoms with Crippen LogP contribution in [-0.4, -0.2) is 73.7 Å². The quantitative estimate of drug-likeness (QED) is 0.211. The van der Waals surface area contributed by atoms with E-state index in [1.807, 2.05) is 31.2 Å². The molecule has 0 spiro atoms. The number of aliphatic hydroxyl groups is 5. The maximum Gasteiger partial charge on any atom is 0.233 e. The van der Waals surface area contributed by atoms with Crippen LogP contribution in [0.4, 0.5) is 10.1 Å². The average Bonchev–Trinajstić information content (AvgIpc) is 2.98. The number of carbonyl (C=O) groups excluding carboxylic acids is 1. The number of halogens is 1. The third-order valence-electron chi connectivity index (χ3n) is 8.37. The average molecular weight is 582 g/mol. The highest BCUT2D eigenvalue weighted by Gasteiger charge is 2.49. The first-order valence-corrected chi connectivity index (χ1v) is 14.0. The zero-order valence-corrected chi connectivity index (χ0v) is 23.1. The van der Waals surface area contributed by atoms with Crippen molar-refractivity contribution in [3.8, 4) is 5.75 Å². The number of aromatic hydroxyl groups is 1. The second-order valence-electron chi connectivity index (χ2n) is 11.2. The van der Waals surface area contributed by atoms with Crippen LogP contribution in [0, 0.1) is 18.7 Å². The molecular formula is C32H36FNO8. The van der Waals surface area contributed by atoms with E-state index in [-0.39, 0.29) is 24.5 Å². The van der Waals surface area contributed by atoms with Crippen molar-refractivity contribution in [2.24, 2.45) is 5.92 Å². The Bertz CT molecular complexity index is 1380. The number of benzene rings is 3. The normalized spacial score (nSPS) is 28.4. The number of anilines is 1. The Morgan fingerprint density at radius 1 is 0.929 bits per heavy atom. The zero-order chi connectivity index (χ0) is 30.1. The smallest absolute Gasteiger partial charge is 0.233 e. The molecule has 3 aromatic carbocycles. The number of hydrogen-bond donors (Lipinski definition) is 6. The van der Waals surface area contributed by atoms with Gasteiger partial charge in [0.25, 0.3) is 0 Å². The number of nitrogens with zero attached hydrogens (tertiary/aromatic N) is 1. The monoisotopic (exact) mass is 581 g/mol. The number of aryl methyl sites for hydroxylation is 1. The number of aliphatic hydroxyl groups excluding tert-OH is 5. The van der Waals surface area contributed by atoms with E-state index in [1.54, 1.807) is 17.0 Å². The Balaban J connectivity index is 1.37. The third kappa shape index (κ3) is 5.92. The summed E-state index contributed by atoms with van der Waals surface area (Å²) in [6, 6.07) is 17.5. The van der Waals surface area contributed by atoms with E-state index in [2.05, 4.69) is 0 Å². The van der Waals surface area contributed by atoms with Gasteiger partial charge in [0.2, 0.25) is 5.91 Å². The summed E-state index contributed by atoms with van der Waals surface area (Å²) in [5, 5.41) is 61.9. The van der Waals surface area contributed by atoms with Crippen molar-refractivity contribution >= 4 is 11.6 Å². The molecule has 0 bridgehead atoms. The Hall–Kier alpha value is -3.38. The summed E-state index contributed by atoms with van der Waals surface area (Å²) in [6.45, 7) is 1.41. The molecule has 2 aliphatic heterocycles. The zero-order valence-electron chi connectivity index (χ0n) is 23.1. The fourth-order valence-electron chi connectivity index (χ4n) is 5.91. The number of phenols is 1. The first kappa shape index (κ1) is 30.1. The molecule has 42 heavy (non-hydrogen) atoms. The van der Waals surface area contributed by atoms with Gasteiger partial charge in [-0.1, -0.05) is 42.0 Å². The highest BCUT2D eigenvalue weighted by atomic mass is 19.1. The maximum absolute atomic E-state index is 13.4. The van der Waals surface area contributed by atoms with Crippen molar-refractivity contribution in [3.63, 3.8) is 0 Å². The summed E-state index contributed by atoms with van der Waals surface area (Å²) in [4.78, 5) is 15.0. The Labute approximate surface area is 243 Å². The van der Waals surface area contributed by atoms with Crippen LogP contribution in [0.1, 0.15) is 47.2 Å². The fourth-order valence-corrected chi connectivity index (χ4v) is 5.91. The number of β-lactam (4-membered cyclic amide) rings is 1. The van der Waals surface area contributed by atoms with Gasteiger partial charge >= 0.3 is 0 Å². The van der Waals surface area contributed by atoms with Gasteiger partial charge < -0.3 is 40.3 Å². The first-order chi connectivity index (χ1) is 20.1. The van der Waals surface area contributed by atoms with Gasteiger partial charge in [-0.25, -0.2) is 4.39 Å². The van der Waals surface area contributed by atoms with E-state index in [9.17, 15) is 39.8 Å². The number of carbonyl (C=O) groups is 1. The maximum atomic E-state index is 13.4. The topological polar surface area (TPSA) is 151 Å².